The van der Waals surface area contributed by atoms with E-state index in [2.05, 4.69) is 5.32 Å². The van der Waals surface area contributed by atoms with Gasteiger partial charge in [0.2, 0.25) is 0 Å². The Kier molecular flexibility index (Phi) is 3.57. The molecular weight excluding hydrogens is 228 g/mol. The molecule has 98 valence electrons. The Morgan fingerprint density at radius 2 is 2.06 bits per heavy atom. The van der Waals surface area contributed by atoms with Gasteiger partial charge in [0.05, 0.1) is 5.56 Å². The first-order chi connectivity index (χ1) is 8.56. The number of para-hydroxylation sites is 1. The Labute approximate surface area is 108 Å². The van der Waals surface area contributed by atoms with Crippen LogP contribution in [0, 0.1) is 0 Å². The zero-order valence-corrected chi connectivity index (χ0v) is 11.2. The molecule has 0 aliphatic carbocycles. The molecule has 1 aromatic carbocycles. The summed E-state index contributed by atoms with van der Waals surface area (Å²) in [6.07, 6.45) is 0.843. The molecular formula is C14H20N2O2. The van der Waals surface area contributed by atoms with Crippen LogP contribution in [0.2, 0.25) is 0 Å². The van der Waals surface area contributed by atoms with E-state index in [0.29, 0.717) is 13.2 Å². The van der Waals surface area contributed by atoms with Gasteiger partial charge in [0.1, 0.15) is 5.66 Å². The van der Waals surface area contributed by atoms with E-state index in [4.69, 9.17) is 4.74 Å². The third-order valence-corrected chi connectivity index (χ3v) is 3.25. The third kappa shape index (κ3) is 2.34. The summed E-state index contributed by atoms with van der Waals surface area (Å²) >= 11 is 0. The average molecular weight is 248 g/mol. The summed E-state index contributed by atoms with van der Waals surface area (Å²) in [4.78, 5) is 14.3. The highest BCUT2D eigenvalue weighted by Gasteiger charge is 2.36. The molecule has 0 saturated carbocycles. The first-order valence-electron chi connectivity index (χ1n) is 6.24. The highest BCUT2D eigenvalue weighted by molar-refractivity contribution is 6.02. The number of benzene rings is 1. The van der Waals surface area contributed by atoms with Crippen LogP contribution in [0.4, 0.5) is 5.69 Å². The predicted octanol–water partition coefficient (Wildman–Crippen LogP) is 2.33. The second-order valence-corrected chi connectivity index (χ2v) is 5.03. The average Bonchev–Trinajstić information content (AvgIpc) is 2.33. The number of hydrogen-bond acceptors (Lipinski definition) is 3. The lowest BCUT2D eigenvalue weighted by atomic mass is 10.0. The van der Waals surface area contributed by atoms with Crippen molar-refractivity contribution < 1.29 is 9.53 Å². The number of carbonyl (C=O) groups is 1. The zero-order chi connectivity index (χ0) is 13.2. The summed E-state index contributed by atoms with van der Waals surface area (Å²) in [5, 5.41) is 3.41. The molecule has 1 heterocycles. The van der Waals surface area contributed by atoms with Crippen LogP contribution in [0.5, 0.6) is 0 Å². The van der Waals surface area contributed by atoms with E-state index in [9.17, 15) is 4.79 Å². The topological polar surface area (TPSA) is 41.6 Å². The Morgan fingerprint density at radius 1 is 1.33 bits per heavy atom. The van der Waals surface area contributed by atoms with Crippen LogP contribution in [-0.2, 0) is 4.74 Å². The van der Waals surface area contributed by atoms with Gasteiger partial charge >= 0.3 is 0 Å². The molecule has 1 aromatic rings. The summed E-state index contributed by atoms with van der Waals surface area (Å²) in [6.45, 7) is 5.41. The fourth-order valence-corrected chi connectivity index (χ4v) is 2.32. The lowest BCUT2D eigenvalue weighted by Crippen LogP contribution is -2.56. The van der Waals surface area contributed by atoms with Crippen molar-refractivity contribution >= 4 is 11.6 Å². The molecule has 0 fully saturated rings. The van der Waals surface area contributed by atoms with Crippen molar-refractivity contribution in [3.63, 3.8) is 0 Å². The molecule has 4 heteroatoms. The molecule has 0 radical (unpaired) electrons. The maximum atomic E-state index is 12.5. The number of methoxy groups -OCH3 is 1. The van der Waals surface area contributed by atoms with Gasteiger partial charge in [-0.3, -0.25) is 4.79 Å². The zero-order valence-electron chi connectivity index (χ0n) is 11.2. The van der Waals surface area contributed by atoms with Crippen LogP contribution in [0.3, 0.4) is 0 Å². The third-order valence-electron chi connectivity index (χ3n) is 3.25. The summed E-state index contributed by atoms with van der Waals surface area (Å²) in [7, 11) is 1.68. The van der Waals surface area contributed by atoms with Crippen LogP contribution >= 0.6 is 0 Å². The van der Waals surface area contributed by atoms with Gasteiger partial charge in [0.25, 0.3) is 5.91 Å². The Hall–Kier alpha value is -1.55. The SMILES string of the molecule is COCCCN1C(=O)c2ccccc2NC1(C)C. The number of hydrogen-bond donors (Lipinski definition) is 1. The summed E-state index contributed by atoms with van der Waals surface area (Å²) in [6, 6.07) is 7.64. The second-order valence-electron chi connectivity index (χ2n) is 5.03. The van der Waals surface area contributed by atoms with Crippen LogP contribution < -0.4 is 5.32 Å². The van der Waals surface area contributed by atoms with Crippen molar-refractivity contribution in [1.82, 2.24) is 4.90 Å². The number of fused-ring (bicyclic) bond motifs is 1. The van der Waals surface area contributed by atoms with Gasteiger partial charge in [-0.1, -0.05) is 12.1 Å². The van der Waals surface area contributed by atoms with E-state index < -0.39 is 0 Å². The minimum atomic E-state index is -0.362. The van der Waals surface area contributed by atoms with Crippen molar-refractivity contribution in [2.75, 3.05) is 25.6 Å². The molecule has 0 atom stereocenters. The molecule has 1 N–H and O–H groups in total. The van der Waals surface area contributed by atoms with Gasteiger partial charge in [-0.2, -0.15) is 0 Å². The predicted molar refractivity (Wildman–Crippen MR) is 71.7 cm³/mol. The number of carbonyl (C=O) groups excluding carboxylic acids is 1. The van der Waals surface area contributed by atoms with Gasteiger partial charge in [-0.15, -0.1) is 0 Å². The number of nitrogens with zero attached hydrogens (tertiary/aromatic N) is 1. The van der Waals surface area contributed by atoms with Gasteiger partial charge in [0, 0.05) is 25.9 Å². The second kappa shape index (κ2) is 4.98. The molecule has 4 nitrogen and oxygen atoms in total. The first-order valence-corrected chi connectivity index (χ1v) is 6.24. The van der Waals surface area contributed by atoms with Crippen LogP contribution in [0.25, 0.3) is 0 Å². The minimum absolute atomic E-state index is 0.0884. The van der Waals surface area contributed by atoms with E-state index in [1.165, 1.54) is 0 Å². The number of anilines is 1. The molecule has 0 aromatic heterocycles. The first kappa shape index (κ1) is 12.9. The highest BCUT2D eigenvalue weighted by atomic mass is 16.5. The molecule has 1 aliphatic rings. The molecule has 0 spiro atoms. The van der Waals surface area contributed by atoms with Crippen molar-refractivity contribution in [1.29, 1.82) is 0 Å². The van der Waals surface area contributed by atoms with Crippen molar-refractivity contribution in [2.45, 2.75) is 25.9 Å². The normalized spacial score (nSPS) is 17.3. The van der Waals surface area contributed by atoms with Gasteiger partial charge in [-0.25, -0.2) is 0 Å². The minimum Gasteiger partial charge on any atom is -0.385 e. The molecule has 1 aliphatic heterocycles. The summed E-state index contributed by atoms with van der Waals surface area (Å²) in [5.74, 6) is 0.0884. The standard InChI is InChI=1S/C14H20N2O2/c1-14(2)15-12-8-5-4-7-11(12)13(17)16(14)9-6-10-18-3/h4-5,7-8,15H,6,9-10H2,1-3H3. The van der Waals surface area contributed by atoms with Crippen LogP contribution in [0.1, 0.15) is 30.6 Å². The summed E-state index contributed by atoms with van der Waals surface area (Å²) in [5.41, 5.74) is 1.30. The van der Waals surface area contributed by atoms with Gasteiger partial charge in [0.15, 0.2) is 0 Å². The van der Waals surface area contributed by atoms with Crippen LogP contribution in [-0.4, -0.2) is 36.7 Å². The maximum Gasteiger partial charge on any atom is 0.257 e. The summed E-state index contributed by atoms with van der Waals surface area (Å²) < 4.78 is 5.05. The lowest BCUT2D eigenvalue weighted by molar-refractivity contribution is 0.0547. The largest absolute Gasteiger partial charge is 0.385 e. The molecule has 18 heavy (non-hydrogen) atoms. The van der Waals surface area contributed by atoms with E-state index in [1.807, 2.05) is 43.0 Å². The molecule has 2 rings (SSSR count). The van der Waals surface area contributed by atoms with Crippen molar-refractivity contribution in [3.8, 4) is 0 Å². The Balaban J connectivity index is 2.23. The molecule has 0 unspecified atom stereocenters. The van der Waals surface area contributed by atoms with Gasteiger partial charge in [-0.05, 0) is 32.4 Å². The van der Waals surface area contributed by atoms with Crippen molar-refractivity contribution in [3.05, 3.63) is 29.8 Å². The quantitative estimate of drug-likeness (QED) is 0.831. The lowest BCUT2D eigenvalue weighted by Gasteiger charge is -2.44. The Bertz CT molecular complexity index is 443. The van der Waals surface area contributed by atoms with Gasteiger partial charge < -0.3 is 15.0 Å². The van der Waals surface area contributed by atoms with E-state index in [0.717, 1.165) is 17.7 Å². The van der Waals surface area contributed by atoms with E-state index in [-0.39, 0.29) is 11.6 Å². The molecule has 1 amide bonds. The Morgan fingerprint density at radius 3 is 2.78 bits per heavy atom. The smallest absolute Gasteiger partial charge is 0.257 e. The molecule has 0 bridgehead atoms. The van der Waals surface area contributed by atoms with Crippen LogP contribution in [0.15, 0.2) is 24.3 Å². The number of rotatable bonds is 4. The number of amides is 1. The highest BCUT2D eigenvalue weighted by Crippen LogP contribution is 2.30. The maximum absolute atomic E-state index is 12.5. The van der Waals surface area contributed by atoms with E-state index >= 15 is 0 Å². The van der Waals surface area contributed by atoms with E-state index in [1.54, 1.807) is 7.11 Å². The molecule has 0 saturated heterocycles. The number of nitrogens with one attached hydrogen (secondary N) is 1. The fourth-order valence-electron chi connectivity index (χ4n) is 2.32. The van der Waals surface area contributed by atoms with Crippen molar-refractivity contribution in [2.24, 2.45) is 0 Å². The monoisotopic (exact) mass is 248 g/mol. The number of ether oxygens (including phenoxy) is 1. The fraction of sp³-hybridized carbons (Fsp3) is 0.500.